The van der Waals surface area contributed by atoms with Crippen molar-refractivity contribution in [2.75, 3.05) is 6.54 Å². The minimum Gasteiger partial charge on any atom is -0.360 e. The number of aromatic nitrogens is 4. The van der Waals surface area contributed by atoms with Crippen molar-refractivity contribution in [2.24, 2.45) is 0 Å². The normalized spacial score (nSPS) is 20.6. The van der Waals surface area contributed by atoms with Crippen LogP contribution in [0, 0.1) is 0 Å². The summed E-state index contributed by atoms with van der Waals surface area (Å²) in [5.74, 6) is 3.27. The van der Waals surface area contributed by atoms with Crippen LogP contribution in [0.15, 0.2) is 10.6 Å². The fraction of sp³-hybridized carbons (Fsp3) is 0.600. The van der Waals surface area contributed by atoms with Crippen LogP contribution in [-0.2, 0) is 17.8 Å². The molecule has 2 aliphatic rings. The van der Waals surface area contributed by atoms with Gasteiger partial charge in [-0.2, -0.15) is 0 Å². The molecule has 3 heterocycles. The zero-order valence-electron chi connectivity index (χ0n) is 12.9. The van der Waals surface area contributed by atoms with Gasteiger partial charge in [-0.05, 0) is 19.8 Å². The summed E-state index contributed by atoms with van der Waals surface area (Å²) in [5, 5.41) is 12.6. The van der Waals surface area contributed by atoms with Gasteiger partial charge in [-0.15, -0.1) is 10.2 Å². The van der Waals surface area contributed by atoms with E-state index < -0.39 is 0 Å². The smallest absolute Gasteiger partial charge is 0.223 e. The van der Waals surface area contributed by atoms with E-state index in [0.717, 1.165) is 11.6 Å². The number of aryl methyl sites for hydroxylation is 1. The van der Waals surface area contributed by atoms with Crippen molar-refractivity contribution in [2.45, 2.75) is 51.1 Å². The molecule has 122 valence electrons. The summed E-state index contributed by atoms with van der Waals surface area (Å²) in [6.45, 7) is 3.34. The van der Waals surface area contributed by atoms with Crippen LogP contribution in [0.4, 0.5) is 0 Å². The zero-order valence-corrected chi connectivity index (χ0v) is 13.7. The van der Waals surface area contributed by atoms with Gasteiger partial charge in [0.1, 0.15) is 11.6 Å². The lowest BCUT2D eigenvalue weighted by atomic mass is 10.1. The lowest BCUT2D eigenvalue weighted by Gasteiger charge is -2.32. The van der Waals surface area contributed by atoms with Crippen molar-refractivity contribution in [1.29, 1.82) is 0 Å². The Morgan fingerprint density at radius 2 is 2.26 bits per heavy atom. The molecule has 1 fully saturated rings. The lowest BCUT2D eigenvalue weighted by Crippen LogP contribution is -2.40. The molecule has 8 heteroatoms. The molecule has 0 bridgehead atoms. The second-order valence-electron chi connectivity index (χ2n) is 6.36. The Balaban J connectivity index is 1.42. The molecular formula is C15H18ClN5O2. The van der Waals surface area contributed by atoms with Gasteiger partial charge < -0.3 is 14.0 Å². The summed E-state index contributed by atoms with van der Waals surface area (Å²) < 4.78 is 7.26. The van der Waals surface area contributed by atoms with E-state index in [1.54, 1.807) is 6.07 Å². The molecule has 0 spiro atoms. The van der Waals surface area contributed by atoms with E-state index >= 15 is 0 Å². The summed E-state index contributed by atoms with van der Waals surface area (Å²) in [5.41, 5.74) is 0. The van der Waals surface area contributed by atoms with Gasteiger partial charge in [0.25, 0.3) is 0 Å². The molecule has 1 aliphatic carbocycles. The SMILES string of the molecule is C[C@H]1CN(C(=O)CCc2cc(Cl)no2)Cc2nnc(C3CC3)n21. The van der Waals surface area contributed by atoms with Crippen molar-refractivity contribution in [1.82, 2.24) is 24.8 Å². The Bertz CT molecular complexity index is 736. The number of halogens is 1. The third-order valence-electron chi connectivity index (χ3n) is 4.46. The van der Waals surface area contributed by atoms with E-state index in [-0.39, 0.29) is 11.9 Å². The summed E-state index contributed by atoms with van der Waals surface area (Å²) in [4.78, 5) is 14.3. The van der Waals surface area contributed by atoms with Gasteiger partial charge in [0, 0.05) is 31.4 Å². The number of hydrogen-bond donors (Lipinski definition) is 0. The van der Waals surface area contributed by atoms with E-state index in [9.17, 15) is 4.79 Å². The number of fused-ring (bicyclic) bond motifs is 1. The Labute approximate surface area is 138 Å². The number of carbonyl (C=O) groups is 1. The molecule has 2 aromatic rings. The average molecular weight is 336 g/mol. The quantitative estimate of drug-likeness (QED) is 0.857. The number of rotatable bonds is 4. The van der Waals surface area contributed by atoms with Crippen LogP contribution in [0.3, 0.4) is 0 Å². The summed E-state index contributed by atoms with van der Waals surface area (Å²) in [6, 6.07) is 1.86. The molecule has 4 rings (SSSR count). The predicted octanol–water partition coefficient (Wildman–Crippen LogP) is 2.33. The van der Waals surface area contributed by atoms with Gasteiger partial charge >= 0.3 is 0 Å². The summed E-state index contributed by atoms with van der Waals surface area (Å²) >= 11 is 5.71. The maximum atomic E-state index is 12.5. The van der Waals surface area contributed by atoms with Crippen LogP contribution in [0.1, 0.15) is 55.6 Å². The van der Waals surface area contributed by atoms with Crippen LogP contribution in [0.25, 0.3) is 0 Å². The Morgan fingerprint density at radius 3 is 2.96 bits per heavy atom. The molecule has 0 aromatic carbocycles. The standard InChI is InChI=1S/C15H18ClN5O2/c1-9-7-20(14(22)5-4-11-6-12(16)19-23-11)8-13-17-18-15(21(9)13)10-2-3-10/h6,9-10H,2-5,7-8H2,1H3/t9-/m0/s1. The molecule has 1 aliphatic heterocycles. The zero-order chi connectivity index (χ0) is 16.0. The molecule has 1 atom stereocenters. The number of carbonyl (C=O) groups excluding carboxylic acids is 1. The first-order chi connectivity index (χ1) is 11.1. The number of hydrogen-bond acceptors (Lipinski definition) is 5. The molecule has 0 unspecified atom stereocenters. The highest BCUT2D eigenvalue weighted by Crippen LogP contribution is 2.41. The largest absolute Gasteiger partial charge is 0.360 e. The second kappa shape index (κ2) is 5.63. The predicted molar refractivity (Wildman–Crippen MR) is 82.0 cm³/mol. The molecule has 1 amide bonds. The van der Waals surface area contributed by atoms with Gasteiger partial charge in [-0.25, -0.2) is 0 Å². The highest BCUT2D eigenvalue weighted by Gasteiger charge is 2.35. The van der Waals surface area contributed by atoms with Crippen molar-refractivity contribution in [3.05, 3.63) is 28.6 Å². The van der Waals surface area contributed by atoms with E-state index in [2.05, 4.69) is 26.8 Å². The Morgan fingerprint density at radius 1 is 1.43 bits per heavy atom. The minimum atomic E-state index is 0.0894. The first-order valence-electron chi connectivity index (χ1n) is 7.94. The average Bonchev–Trinajstić information content (AvgIpc) is 3.14. The van der Waals surface area contributed by atoms with Gasteiger partial charge in [-0.3, -0.25) is 4.79 Å². The maximum absolute atomic E-state index is 12.5. The molecule has 1 saturated carbocycles. The summed E-state index contributed by atoms with van der Waals surface area (Å²) in [7, 11) is 0. The molecule has 7 nitrogen and oxygen atoms in total. The lowest BCUT2D eigenvalue weighted by molar-refractivity contribution is -0.133. The molecule has 0 N–H and O–H groups in total. The van der Waals surface area contributed by atoms with Crippen LogP contribution in [0.2, 0.25) is 5.15 Å². The Hall–Kier alpha value is -1.89. The first-order valence-corrected chi connectivity index (χ1v) is 8.32. The van der Waals surface area contributed by atoms with E-state index in [4.69, 9.17) is 16.1 Å². The summed E-state index contributed by atoms with van der Waals surface area (Å²) in [6.07, 6.45) is 3.28. The van der Waals surface area contributed by atoms with Gasteiger partial charge in [-0.1, -0.05) is 16.8 Å². The minimum absolute atomic E-state index is 0.0894. The van der Waals surface area contributed by atoms with Gasteiger partial charge in [0.05, 0.1) is 12.6 Å². The molecule has 0 saturated heterocycles. The van der Waals surface area contributed by atoms with Crippen LogP contribution >= 0.6 is 11.6 Å². The number of amides is 1. The van der Waals surface area contributed by atoms with Crippen LogP contribution in [-0.4, -0.2) is 37.3 Å². The van der Waals surface area contributed by atoms with Gasteiger partial charge in [0.15, 0.2) is 11.0 Å². The van der Waals surface area contributed by atoms with Crippen molar-refractivity contribution >= 4 is 17.5 Å². The van der Waals surface area contributed by atoms with E-state index in [1.807, 2.05) is 4.90 Å². The van der Waals surface area contributed by atoms with Crippen LogP contribution in [0.5, 0.6) is 0 Å². The highest BCUT2D eigenvalue weighted by atomic mass is 35.5. The first kappa shape index (κ1) is 14.7. The molecular weight excluding hydrogens is 318 g/mol. The number of nitrogens with zero attached hydrogens (tertiary/aromatic N) is 5. The fourth-order valence-corrected chi connectivity index (χ4v) is 3.32. The van der Waals surface area contributed by atoms with Crippen molar-refractivity contribution in [3.8, 4) is 0 Å². The second-order valence-corrected chi connectivity index (χ2v) is 6.75. The van der Waals surface area contributed by atoms with Crippen LogP contribution < -0.4 is 0 Å². The van der Waals surface area contributed by atoms with E-state index in [0.29, 0.717) is 42.8 Å². The van der Waals surface area contributed by atoms with Crippen molar-refractivity contribution in [3.63, 3.8) is 0 Å². The monoisotopic (exact) mass is 335 g/mol. The molecule has 23 heavy (non-hydrogen) atoms. The highest BCUT2D eigenvalue weighted by molar-refractivity contribution is 6.29. The third-order valence-corrected chi connectivity index (χ3v) is 4.64. The molecule has 0 radical (unpaired) electrons. The van der Waals surface area contributed by atoms with Gasteiger partial charge in [0.2, 0.25) is 5.91 Å². The molecule has 2 aromatic heterocycles. The third kappa shape index (κ3) is 2.85. The fourth-order valence-electron chi connectivity index (χ4n) is 3.17. The topological polar surface area (TPSA) is 77.1 Å². The van der Waals surface area contributed by atoms with E-state index in [1.165, 1.54) is 12.8 Å². The Kier molecular flexibility index (Phi) is 3.60. The van der Waals surface area contributed by atoms with Crippen molar-refractivity contribution < 1.29 is 9.32 Å². The maximum Gasteiger partial charge on any atom is 0.223 e.